The van der Waals surface area contributed by atoms with Crippen LogP contribution in [0, 0.1) is 5.92 Å². The van der Waals surface area contributed by atoms with Crippen LogP contribution in [0.4, 0.5) is 5.69 Å². The Morgan fingerprint density at radius 1 is 0.885 bits per heavy atom. The maximum absolute atomic E-state index is 12.8. The first-order valence-corrected chi connectivity index (χ1v) is 9.36. The zero-order valence-electron chi connectivity index (χ0n) is 15.6. The molecule has 1 aromatic carbocycles. The Balaban J connectivity index is 1.55. The zero-order chi connectivity index (χ0) is 18.7. The number of anilines is 1. The number of rotatable bonds is 3. The van der Waals surface area contributed by atoms with Crippen molar-refractivity contribution >= 4 is 23.3 Å². The summed E-state index contributed by atoms with van der Waals surface area (Å²) in [5, 5.41) is 0. The van der Waals surface area contributed by atoms with Crippen molar-refractivity contribution in [3.8, 4) is 0 Å². The van der Waals surface area contributed by atoms with Crippen molar-refractivity contribution < 1.29 is 14.4 Å². The fourth-order valence-electron chi connectivity index (χ4n) is 3.81. The lowest BCUT2D eigenvalue weighted by molar-refractivity contribution is -0.140. The van der Waals surface area contributed by atoms with Gasteiger partial charge in [-0.15, -0.1) is 0 Å². The van der Waals surface area contributed by atoms with Crippen molar-refractivity contribution in [2.24, 2.45) is 5.92 Å². The molecule has 0 radical (unpaired) electrons. The molecule has 2 fully saturated rings. The van der Waals surface area contributed by atoms with Gasteiger partial charge in [0, 0.05) is 57.4 Å². The van der Waals surface area contributed by atoms with E-state index in [1.807, 2.05) is 29.2 Å². The first kappa shape index (κ1) is 18.4. The Morgan fingerprint density at radius 3 is 2.12 bits per heavy atom. The van der Waals surface area contributed by atoms with Crippen molar-refractivity contribution in [2.75, 3.05) is 44.2 Å². The lowest BCUT2D eigenvalue weighted by Gasteiger charge is -2.39. The number of hydrogen-bond acceptors (Lipinski definition) is 4. The average Bonchev–Trinajstić information content (AvgIpc) is 2.67. The van der Waals surface area contributed by atoms with Gasteiger partial charge in [-0.1, -0.05) is 0 Å². The summed E-state index contributed by atoms with van der Waals surface area (Å²) in [6.07, 6.45) is 1.77. The second kappa shape index (κ2) is 7.89. The van der Waals surface area contributed by atoms with Crippen LogP contribution < -0.4 is 4.90 Å². The Labute approximate surface area is 154 Å². The molecule has 1 aromatic rings. The minimum atomic E-state index is -0.0611. The molecule has 140 valence electrons. The zero-order valence-corrected chi connectivity index (χ0v) is 15.6. The molecule has 2 heterocycles. The second-order valence-electron chi connectivity index (χ2n) is 7.22. The standard InChI is InChI=1S/C20H27N3O3/c1-15(24)17-5-7-19(8-6-17)21-10-12-22(13-11-21)20(26)18-4-3-9-23(14-18)16(2)25/h5-8,18H,3-4,9-14H2,1-2H3. The predicted octanol–water partition coefficient (Wildman–Crippen LogP) is 1.80. The fourth-order valence-corrected chi connectivity index (χ4v) is 3.81. The summed E-state index contributed by atoms with van der Waals surface area (Å²) in [6, 6.07) is 7.65. The third-order valence-corrected chi connectivity index (χ3v) is 5.45. The Hall–Kier alpha value is -2.37. The Morgan fingerprint density at radius 2 is 1.54 bits per heavy atom. The Kier molecular flexibility index (Phi) is 5.59. The molecule has 3 rings (SSSR count). The molecule has 0 spiro atoms. The Bertz CT molecular complexity index is 678. The van der Waals surface area contributed by atoms with E-state index in [1.54, 1.807) is 18.7 Å². The summed E-state index contributed by atoms with van der Waals surface area (Å²) in [6.45, 7) is 7.43. The topological polar surface area (TPSA) is 60.9 Å². The molecule has 2 aliphatic rings. The minimum absolute atomic E-state index is 0.0568. The number of carbonyl (C=O) groups is 3. The first-order valence-electron chi connectivity index (χ1n) is 9.36. The van der Waals surface area contributed by atoms with Crippen molar-refractivity contribution in [2.45, 2.75) is 26.7 Å². The van der Waals surface area contributed by atoms with Gasteiger partial charge in [-0.05, 0) is 44.0 Å². The highest BCUT2D eigenvalue weighted by molar-refractivity contribution is 5.94. The summed E-state index contributed by atoms with van der Waals surface area (Å²) in [5.74, 6) is 0.247. The van der Waals surface area contributed by atoms with Crippen LogP contribution in [0.25, 0.3) is 0 Å². The summed E-state index contributed by atoms with van der Waals surface area (Å²) < 4.78 is 0. The molecule has 0 saturated carbocycles. The number of amides is 2. The molecule has 0 bridgehead atoms. The van der Waals surface area contributed by atoms with Crippen LogP contribution in [-0.4, -0.2) is 66.7 Å². The fraction of sp³-hybridized carbons (Fsp3) is 0.550. The minimum Gasteiger partial charge on any atom is -0.368 e. The van der Waals surface area contributed by atoms with E-state index in [0.717, 1.165) is 43.7 Å². The van der Waals surface area contributed by atoms with E-state index in [9.17, 15) is 14.4 Å². The molecule has 6 nitrogen and oxygen atoms in total. The van der Waals surface area contributed by atoms with Crippen molar-refractivity contribution in [1.82, 2.24) is 9.80 Å². The van der Waals surface area contributed by atoms with Crippen LogP contribution in [0.15, 0.2) is 24.3 Å². The van der Waals surface area contributed by atoms with Crippen LogP contribution in [0.5, 0.6) is 0 Å². The lowest BCUT2D eigenvalue weighted by atomic mass is 9.96. The van der Waals surface area contributed by atoms with Gasteiger partial charge in [-0.3, -0.25) is 14.4 Å². The van der Waals surface area contributed by atoms with Crippen LogP contribution >= 0.6 is 0 Å². The van der Waals surface area contributed by atoms with E-state index in [0.29, 0.717) is 19.6 Å². The molecule has 1 unspecified atom stereocenters. The number of likely N-dealkylation sites (tertiary alicyclic amines) is 1. The summed E-state index contributed by atoms with van der Waals surface area (Å²) in [4.78, 5) is 41.8. The van der Waals surface area contributed by atoms with Gasteiger partial charge in [0.25, 0.3) is 0 Å². The molecule has 6 heteroatoms. The third-order valence-electron chi connectivity index (χ3n) is 5.45. The van der Waals surface area contributed by atoms with E-state index in [1.165, 1.54) is 0 Å². The van der Waals surface area contributed by atoms with E-state index >= 15 is 0 Å². The van der Waals surface area contributed by atoms with Gasteiger partial charge in [0.1, 0.15) is 0 Å². The lowest BCUT2D eigenvalue weighted by Crippen LogP contribution is -2.53. The number of piperazine rings is 1. The molecule has 2 amide bonds. The quantitative estimate of drug-likeness (QED) is 0.774. The van der Waals surface area contributed by atoms with Gasteiger partial charge in [0.15, 0.2) is 5.78 Å². The second-order valence-corrected chi connectivity index (χ2v) is 7.22. The molecule has 0 aromatic heterocycles. The van der Waals surface area contributed by atoms with Gasteiger partial charge in [0.05, 0.1) is 5.92 Å². The highest BCUT2D eigenvalue weighted by Gasteiger charge is 2.31. The molecule has 0 N–H and O–H groups in total. The normalized spacial score (nSPS) is 20.8. The van der Waals surface area contributed by atoms with Gasteiger partial charge in [-0.2, -0.15) is 0 Å². The smallest absolute Gasteiger partial charge is 0.227 e. The van der Waals surface area contributed by atoms with E-state index in [4.69, 9.17) is 0 Å². The van der Waals surface area contributed by atoms with Crippen LogP contribution in [0.2, 0.25) is 0 Å². The number of carbonyl (C=O) groups excluding carboxylic acids is 3. The van der Waals surface area contributed by atoms with Gasteiger partial charge < -0.3 is 14.7 Å². The van der Waals surface area contributed by atoms with Crippen molar-refractivity contribution in [3.05, 3.63) is 29.8 Å². The largest absolute Gasteiger partial charge is 0.368 e. The predicted molar refractivity (Wildman–Crippen MR) is 100 cm³/mol. The number of hydrogen-bond donors (Lipinski definition) is 0. The van der Waals surface area contributed by atoms with Crippen molar-refractivity contribution in [1.29, 1.82) is 0 Å². The number of Topliss-reactive ketones (excluding diaryl/α,β-unsaturated/α-hetero) is 1. The molecule has 0 aliphatic carbocycles. The van der Waals surface area contributed by atoms with E-state index in [2.05, 4.69) is 4.90 Å². The number of benzene rings is 1. The maximum Gasteiger partial charge on any atom is 0.227 e. The van der Waals surface area contributed by atoms with Crippen LogP contribution in [0.3, 0.4) is 0 Å². The van der Waals surface area contributed by atoms with Crippen LogP contribution in [0.1, 0.15) is 37.0 Å². The molecule has 1 atom stereocenters. The number of ketones is 1. The van der Waals surface area contributed by atoms with E-state index < -0.39 is 0 Å². The highest BCUT2D eigenvalue weighted by Crippen LogP contribution is 2.22. The van der Waals surface area contributed by atoms with Gasteiger partial charge in [0.2, 0.25) is 11.8 Å². The highest BCUT2D eigenvalue weighted by atomic mass is 16.2. The molecular weight excluding hydrogens is 330 g/mol. The first-order chi connectivity index (χ1) is 12.5. The number of nitrogens with zero attached hydrogens (tertiary/aromatic N) is 3. The average molecular weight is 357 g/mol. The van der Waals surface area contributed by atoms with E-state index in [-0.39, 0.29) is 23.5 Å². The third kappa shape index (κ3) is 4.06. The van der Waals surface area contributed by atoms with Crippen molar-refractivity contribution in [3.63, 3.8) is 0 Å². The maximum atomic E-state index is 12.8. The molecule has 2 saturated heterocycles. The van der Waals surface area contributed by atoms with Gasteiger partial charge in [-0.25, -0.2) is 0 Å². The van der Waals surface area contributed by atoms with Crippen LogP contribution in [-0.2, 0) is 9.59 Å². The monoisotopic (exact) mass is 357 g/mol. The molecule has 26 heavy (non-hydrogen) atoms. The summed E-state index contributed by atoms with van der Waals surface area (Å²) in [7, 11) is 0. The SMILES string of the molecule is CC(=O)c1ccc(N2CCN(C(=O)C3CCCN(C(C)=O)C3)CC2)cc1. The van der Waals surface area contributed by atoms with Gasteiger partial charge >= 0.3 is 0 Å². The number of piperidine rings is 1. The molecule has 2 aliphatic heterocycles. The molecular formula is C20H27N3O3. The summed E-state index contributed by atoms with van der Waals surface area (Å²) in [5.41, 5.74) is 1.80. The summed E-state index contributed by atoms with van der Waals surface area (Å²) >= 11 is 0.